The van der Waals surface area contributed by atoms with Crippen molar-refractivity contribution in [3.05, 3.63) is 47.4 Å². The number of morpholine rings is 1. The van der Waals surface area contributed by atoms with Crippen molar-refractivity contribution < 1.29 is 29.8 Å². The Morgan fingerprint density at radius 2 is 1.83 bits per heavy atom. The minimum absolute atomic E-state index is 0.0232. The molecule has 2 N–H and O–H groups in total. The Balaban J connectivity index is 1.33. The maximum absolute atomic E-state index is 17.4. The van der Waals surface area contributed by atoms with E-state index in [4.69, 9.17) is 17.9 Å². The highest BCUT2D eigenvalue weighted by Gasteiger charge is 2.50. The van der Waals surface area contributed by atoms with Crippen LogP contribution in [-0.2, 0) is 4.74 Å². The molecule has 3 aliphatic heterocycles. The number of anilines is 2. The van der Waals surface area contributed by atoms with E-state index in [0.29, 0.717) is 38.4 Å². The van der Waals surface area contributed by atoms with Crippen LogP contribution in [0.15, 0.2) is 24.4 Å². The summed E-state index contributed by atoms with van der Waals surface area (Å²) in [4.78, 5) is 17.5. The summed E-state index contributed by atoms with van der Waals surface area (Å²) < 4.78 is 93.7. The summed E-state index contributed by atoms with van der Waals surface area (Å²) in [6.45, 7) is 11.8. The van der Waals surface area contributed by atoms with Gasteiger partial charge >= 0.3 is 6.01 Å². The number of hydrogen-bond donors (Lipinski definition) is 1. The number of rotatable bonds is 8. The van der Waals surface area contributed by atoms with Gasteiger partial charge in [-0.15, -0.1) is 5.54 Å². The van der Waals surface area contributed by atoms with Crippen molar-refractivity contribution >= 4 is 41.3 Å². The molecule has 286 valence electrons. The second kappa shape index (κ2) is 13.6. The molecular formula is C41H48F4N6O2Si. The van der Waals surface area contributed by atoms with Crippen LogP contribution in [0.5, 0.6) is 6.01 Å². The van der Waals surface area contributed by atoms with Gasteiger partial charge in [-0.2, -0.15) is 9.97 Å². The van der Waals surface area contributed by atoms with Gasteiger partial charge in [-0.05, 0) is 66.0 Å². The van der Waals surface area contributed by atoms with Crippen LogP contribution in [0.3, 0.4) is 0 Å². The molecule has 4 atom stereocenters. The fourth-order valence-corrected chi connectivity index (χ4v) is 14.9. The van der Waals surface area contributed by atoms with E-state index in [-0.39, 0.29) is 85.9 Å². The number of aromatic nitrogens is 3. The molecule has 13 heteroatoms. The Morgan fingerprint density at radius 1 is 1.07 bits per heavy atom. The zero-order chi connectivity index (χ0) is 40.1. The van der Waals surface area contributed by atoms with Gasteiger partial charge in [-0.1, -0.05) is 47.5 Å². The molecule has 3 saturated heterocycles. The van der Waals surface area contributed by atoms with E-state index in [1.54, 1.807) is 4.90 Å². The zero-order valence-corrected chi connectivity index (χ0v) is 32.6. The van der Waals surface area contributed by atoms with Crippen molar-refractivity contribution in [1.82, 2.24) is 19.9 Å². The van der Waals surface area contributed by atoms with Gasteiger partial charge in [0.1, 0.15) is 37.8 Å². The van der Waals surface area contributed by atoms with E-state index < -0.39 is 49.8 Å². The van der Waals surface area contributed by atoms with E-state index in [0.717, 1.165) is 12.5 Å². The molecule has 0 bridgehead atoms. The number of nitrogens with two attached hydrogens (primary N) is 1. The van der Waals surface area contributed by atoms with Gasteiger partial charge < -0.3 is 20.1 Å². The Hall–Kier alpha value is -3.99. The van der Waals surface area contributed by atoms with Crippen LogP contribution < -0.4 is 15.4 Å². The molecule has 0 amide bonds. The third-order valence-corrected chi connectivity index (χ3v) is 18.6. The SMILES string of the molecule is [2H]C([2H])(Oc1nc(N2CCO[C@@H]3C[C@@H]32)c2cnc(-c3cc(N)cc4cc(F)c(F)c(C#C[Si](C(C)C)(C(C)C)C(C)C)c34)c(F)c2n1)[C@@]12CCCN1C[C@H](F)C2. The zero-order valence-electron chi connectivity index (χ0n) is 33.6. The van der Waals surface area contributed by atoms with Gasteiger partial charge in [0.15, 0.2) is 17.5 Å². The Morgan fingerprint density at radius 3 is 2.57 bits per heavy atom. The summed E-state index contributed by atoms with van der Waals surface area (Å²) in [5.74, 6) is 0.230. The summed E-state index contributed by atoms with van der Waals surface area (Å²) in [6, 6.07) is 3.56. The second-order valence-electron chi connectivity index (χ2n) is 16.4. The lowest BCUT2D eigenvalue weighted by atomic mass is 9.95. The topological polar surface area (TPSA) is 89.6 Å². The Bertz CT molecular complexity index is 2280. The average Bonchev–Trinajstić information content (AvgIpc) is 3.70. The molecule has 4 aliphatic rings. The van der Waals surface area contributed by atoms with Crippen molar-refractivity contribution in [1.29, 1.82) is 0 Å². The molecule has 0 spiro atoms. The lowest BCUT2D eigenvalue weighted by Gasteiger charge is -2.38. The van der Waals surface area contributed by atoms with Crippen LogP contribution in [0.25, 0.3) is 32.9 Å². The molecule has 4 aromatic rings. The molecule has 54 heavy (non-hydrogen) atoms. The molecule has 8 rings (SSSR count). The third-order valence-electron chi connectivity index (χ3n) is 12.3. The van der Waals surface area contributed by atoms with E-state index in [2.05, 4.69) is 68.0 Å². The lowest BCUT2D eigenvalue weighted by molar-refractivity contribution is 0.102. The van der Waals surface area contributed by atoms with Crippen molar-refractivity contribution in [2.45, 2.75) is 108 Å². The van der Waals surface area contributed by atoms with Crippen LogP contribution in [0.4, 0.5) is 29.1 Å². The smallest absolute Gasteiger partial charge is 0.319 e. The number of halogens is 4. The lowest BCUT2D eigenvalue weighted by Crippen LogP contribution is -2.43. The van der Waals surface area contributed by atoms with Gasteiger partial charge in [-0.25, -0.2) is 17.6 Å². The maximum Gasteiger partial charge on any atom is 0.319 e. The summed E-state index contributed by atoms with van der Waals surface area (Å²) in [7, 11) is -2.43. The Kier molecular flexibility index (Phi) is 8.71. The molecule has 2 aromatic heterocycles. The van der Waals surface area contributed by atoms with Gasteiger partial charge in [0.05, 0.1) is 38.0 Å². The number of nitrogens with zero attached hydrogens (tertiary/aromatic N) is 5. The first-order valence-corrected chi connectivity index (χ1v) is 21.3. The maximum atomic E-state index is 17.4. The highest BCUT2D eigenvalue weighted by molar-refractivity contribution is 6.90. The van der Waals surface area contributed by atoms with Crippen molar-refractivity contribution in [2.24, 2.45) is 0 Å². The van der Waals surface area contributed by atoms with Crippen LogP contribution >= 0.6 is 0 Å². The number of nitrogen functional groups attached to an aromatic ring is 1. The van der Waals surface area contributed by atoms with Crippen LogP contribution in [0.2, 0.25) is 16.6 Å². The fraction of sp³-hybridized carbons (Fsp3) is 0.537. The molecule has 0 radical (unpaired) electrons. The van der Waals surface area contributed by atoms with Crippen molar-refractivity contribution in [3.8, 4) is 28.7 Å². The van der Waals surface area contributed by atoms with E-state index in [1.807, 2.05) is 4.90 Å². The molecule has 0 unspecified atom stereocenters. The number of pyridine rings is 1. The third kappa shape index (κ3) is 6.00. The Labute approximate surface area is 317 Å². The van der Waals surface area contributed by atoms with Gasteiger partial charge in [-0.3, -0.25) is 9.88 Å². The standard InChI is InChI=1S/C41H48F4N6O2Si/c1-22(2)54(23(3)4,24(5)6)13-8-28-34-25(15-31(43)35(28)44)14-27(46)16-29(34)37-36(45)38-30(19-47-37)39(51-11-12-52-33-17-32(33)51)49-40(48-38)53-21-41-9-7-10-50(41)20-26(42)18-41/h14-16,19,22-24,26,32-33H,7,9-12,17-18,20-21,46H2,1-6H3/t26-,32+,33-,41+/m1/s1/i21D2. The summed E-state index contributed by atoms with van der Waals surface area (Å²) in [5, 5.41) is 0.644. The first kappa shape index (κ1) is 34.5. The number of benzene rings is 2. The first-order valence-electron chi connectivity index (χ1n) is 20.1. The minimum Gasteiger partial charge on any atom is -0.461 e. The molecule has 1 aliphatic carbocycles. The molecule has 4 fully saturated rings. The van der Waals surface area contributed by atoms with E-state index >= 15 is 13.2 Å². The van der Waals surface area contributed by atoms with Crippen LogP contribution in [0.1, 0.15) is 75.5 Å². The average molecular weight is 763 g/mol. The number of hydrogen-bond acceptors (Lipinski definition) is 8. The summed E-state index contributed by atoms with van der Waals surface area (Å²) in [6.07, 6.45) is 1.96. The van der Waals surface area contributed by atoms with Gasteiger partial charge in [0.25, 0.3) is 0 Å². The summed E-state index contributed by atoms with van der Waals surface area (Å²) >= 11 is 0. The fourth-order valence-electron chi connectivity index (χ4n) is 9.69. The van der Waals surface area contributed by atoms with E-state index in [1.165, 1.54) is 18.3 Å². The first-order chi connectivity index (χ1) is 26.5. The number of fused-ring (bicyclic) bond motifs is 4. The van der Waals surface area contributed by atoms with E-state index in [9.17, 15) is 4.39 Å². The quantitative estimate of drug-likeness (QED) is 0.0830. The van der Waals surface area contributed by atoms with Crippen LogP contribution in [0, 0.1) is 28.9 Å². The monoisotopic (exact) mass is 762 g/mol. The summed E-state index contributed by atoms with van der Waals surface area (Å²) in [5.41, 5.74) is 8.87. The molecule has 1 saturated carbocycles. The predicted octanol–water partition coefficient (Wildman–Crippen LogP) is 8.35. The van der Waals surface area contributed by atoms with Crippen molar-refractivity contribution in [3.63, 3.8) is 0 Å². The molecule has 5 heterocycles. The van der Waals surface area contributed by atoms with Gasteiger partial charge in [0.2, 0.25) is 0 Å². The molecule has 2 aromatic carbocycles. The largest absolute Gasteiger partial charge is 0.461 e. The normalized spacial score (nSPS) is 24.9. The molecular weight excluding hydrogens is 713 g/mol. The van der Waals surface area contributed by atoms with Crippen molar-refractivity contribution in [2.75, 3.05) is 43.4 Å². The van der Waals surface area contributed by atoms with Crippen LogP contribution in [-0.4, -0.2) is 84.6 Å². The highest BCUT2D eigenvalue weighted by atomic mass is 28.3. The predicted molar refractivity (Wildman–Crippen MR) is 207 cm³/mol. The molecule has 8 nitrogen and oxygen atoms in total. The van der Waals surface area contributed by atoms with Gasteiger partial charge in [0, 0.05) is 42.3 Å². The highest BCUT2D eigenvalue weighted by Crippen LogP contribution is 2.45. The number of ether oxygens (including phenoxy) is 2. The minimum atomic E-state index is -2.43. The number of alkyl halides is 1. The second-order valence-corrected chi connectivity index (χ2v) is 21.9.